The molecule has 1 unspecified atom stereocenters. The predicted molar refractivity (Wildman–Crippen MR) is 70.1 cm³/mol. The van der Waals surface area contributed by atoms with E-state index in [1.54, 1.807) is 6.92 Å². The lowest BCUT2D eigenvalue weighted by molar-refractivity contribution is 0.450. The van der Waals surface area contributed by atoms with Crippen LogP contribution >= 0.6 is 0 Å². The fourth-order valence-electron chi connectivity index (χ4n) is 1.85. The summed E-state index contributed by atoms with van der Waals surface area (Å²) in [7, 11) is 0. The van der Waals surface area contributed by atoms with Crippen LogP contribution in [0.3, 0.4) is 0 Å². The maximum atomic E-state index is 13.7. The molecule has 0 amide bonds. The zero-order valence-corrected chi connectivity index (χ0v) is 10.9. The van der Waals surface area contributed by atoms with Crippen molar-refractivity contribution in [1.82, 2.24) is 5.32 Å². The molecule has 98 valence electrons. The smallest absolute Gasteiger partial charge is 0.130 e. The molecule has 1 rings (SSSR count). The van der Waals surface area contributed by atoms with Crippen molar-refractivity contribution in [2.45, 2.75) is 39.2 Å². The van der Waals surface area contributed by atoms with Crippen molar-refractivity contribution in [2.24, 2.45) is 0 Å². The number of hydrogen-bond donors (Lipinski definition) is 1. The van der Waals surface area contributed by atoms with Gasteiger partial charge in [0.25, 0.3) is 0 Å². The van der Waals surface area contributed by atoms with E-state index >= 15 is 0 Å². The highest BCUT2D eigenvalue weighted by atomic mass is 19.1. The van der Waals surface area contributed by atoms with Gasteiger partial charge >= 0.3 is 0 Å². The van der Waals surface area contributed by atoms with Gasteiger partial charge in [-0.1, -0.05) is 13.0 Å². The molecule has 0 radical (unpaired) electrons. The lowest BCUT2D eigenvalue weighted by atomic mass is 10.0. The molecule has 0 aromatic heterocycles. The molecule has 0 saturated carbocycles. The summed E-state index contributed by atoms with van der Waals surface area (Å²) in [5.74, 6) is 4.74. The Morgan fingerprint density at radius 3 is 2.50 bits per heavy atom. The fraction of sp³-hybridized carbons (Fsp3) is 0.467. The van der Waals surface area contributed by atoms with Crippen molar-refractivity contribution in [3.05, 3.63) is 35.4 Å². The number of benzene rings is 1. The van der Waals surface area contributed by atoms with Gasteiger partial charge in [0.1, 0.15) is 11.6 Å². The van der Waals surface area contributed by atoms with Gasteiger partial charge in [-0.2, -0.15) is 0 Å². The second-order valence-corrected chi connectivity index (χ2v) is 4.11. The van der Waals surface area contributed by atoms with Gasteiger partial charge in [0.15, 0.2) is 0 Å². The number of hydrogen-bond acceptors (Lipinski definition) is 1. The first-order valence-electron chi connectivity index (χ1n) is 6.27. The molecule has 0 spiro atoms. The topological polar surface area (TPSA) is 12.0 Å². The summed E-state index contributed by atoms with van der Waals surface area (Å²) in [6, 6.07) is 3.67. The van der Waals surface area contributed by atoms with Crippen molar-refractivity contribution in [1.29, 1.82) is 0 Å². The van der Waals surface area contributed by atoms with Gasteiger partial charge in [-0.3, -0.25) is 0 Å². The first-order chi connectivity index (χ1) is 8.70. The normalized spacial score (nSPS) is 11.8. The van der Waals surface area contributed by atoms with Gasteiger partial charge in [-0.15, -0.1) is 11.8 Å². The Balaban J connectivity index is 2.88. The fourth-order valence-corrected chi connectivity index (χ4v) is 1.85. The van der Waals surface area contributed by atoms with Crippen LogP contribution in [0.2, 0.25) is 0 Å². The summed E-state index contributed by atoms with van der Waals surface area (Å²) in [4.78, 5) is 0. The minimum Gasteiger partial charge on any atom is -0.310 e. The molecule has 0 aliphatic heterocycles. The second kappa shape index (κ2) is 7.84. The van der Waals surface area contributed by atoms with Crippen LogP contribution in [0.15, 0.2) is 18.2 Å². The van der Waals surface area contributed by atoms with E-state index in [-0.39, 0.29) is 11.6 Å². The van der Waals surface area contributed by atoms with Crippen LogP contribution < -0.4 is 5.32 Å². The van der Waals surface area contributed by atoms with Crippen molar-refractivity contribution in [3.63, 3.8) is 0 Å². The van der Waals surface area contributed by atoms with Crippen molar-refractivity contribution in [2.75, 3.05) is 6.54 Å². The molecule has 1 aromatic rings. The standard InChI is InChI=1S/C15H19F2N/c1-3-5-6-10-14(18-11-4-2)15-12(16)8-7-9-13(15)17/h7-9,14,18H,4,6,10-11H2,1-2H3. The third kappa shape index (κ3) is 4.12. The van der Waals surface area contributed by atoms with E-state index in [2.05, 4.69) is 17.2 Å². The number of halogens is 2. The number of rotatable bonds is 6. The second-order valence-electron chi connectivity index (χ2n) is 4.11. The maximum Gasteiger partial charge on any atom is 0.130 e. The highest BCUT2D eigenvalue weighted by Crippen LogP contribution is 2.24. The summed E-state index contributed by atoms with van der Waals surface area (Å²) in [5, 5.41) is 3.18. The molecule has 0 saturated heterocycles. The van der Waals surface area contributed by atoms with E-state index in [9.17, 15) is 8.78 Å². The van der Waals surface area contributed by atoms with Crippen LogP contribution in [0.5, 0.6) is 0 Å². The van der Waals surface area contributed by atoms with Gasteiger partial charge in [-0.25, -0.2) is 8.78 Å². The zero-order valence-electron chi connectivity index (χ0n) is 10.9. The highest BCUT2D eigenvalue weighted by molar-refractivity contribution is 5.23. The summed E-state index contributed by atoms with van der Waals surface area (Å²) in [5.41, 5.74) is 0.129. The molecular formula is C15H19F2N. The average molecular weight is 251 g/mol. The molecule has 0 bridgehead atoms. The lowest BCUT2D eigenvalue weighted by Crippen LogP contribution is -2.24. The zero-order chi connectivity index (χ0) is 13.4. The Kier molecular flexibility index (Phi) is 6.38. The minimum absolute atomic E-state index is 0.129. The van der Waals surface area contributed by atoms with E-state index in [4.69, 9.17) is 0 Å². The Hall–Kier alpha value is -1.40. The predicted octanol–water partition coefficient (Wildman–Crippen LogP) is 3.81. The van der Waals surface area contributed by atoms with Crippen LogP contribution in [0.25, 0.3) is 0 Å². The van der Waals surface area contributed by atoms with E-state index in [1.807, 2.05) is 6.92 Å². The van der Waals surface area contributed by atoms with Crippen LogP contribution in [0.4, 0.5) is 8.78 Å². The van der Waals surface area contributed by atoms with Crippen LogP contribution in [0, 0.1) is 23.5 Å². The van der Waals surface area contributed by atoms with Crippen molar-refractivity contribution >= 4 is 0 Å². The third-order valence-corrected chi connectivity index (χ3v) is 2.72. The highest BCUT2D eigenvalue weighted by Gasteiger charge is 2.18. The Morgan fingerprint density at radius 2 is 1.94 bits per heavy atom. The van der Waals surface area contributed by atoms with Crippen LogP contribution in [-0.4, -0.2) is 6.54 Å². The number of nitrogens with one attached hydrogen (secondary N) is 1. The van der Waals surface area contributed by atoms with Crippen molar-refractivity contribution in [3.8, 4) is 11.8 Å². The Labute approximate surface area is 108 Å². The molecule has 18 heavy (non-hydrogen) atoms. The van der Waals surface area contributed by atoms with Gasteiger partial charge in [0.05, 0.1) is 0 Å². The van der Waals surface area contributed by atoms with E-state index in [1.165, 1.54) is 18.2 Å². The molecule has 0 aliphatic carbocycles. The third-order valence-electron chi connectivity index (χ3n) is 2.72. The van der Waals surface area contributed by atoms with E-state index in [0.29, 0.717) is 12.8 Å². The molecule has 1 nitrogen and oxygen atoms in total. The first kappa shape index (κ1) is 14.7. The Morgan fingerprint density at radius 1 is 1.28 bits per heavy atom. The van der Waals surface area contributed by atoms with Crippen molar-refractivity contribution < 1.29 is 8.78 Å². The summed E-state index contributed by atoms with van der Waals surface area (Å²) in [6.07, 6.45) is 2.16. The maximum absolute atomic E-state index is 13.7. The Bertz CT molecular complexity index is 412. The quantitative estimate of drug-likeness (QED) is 0.758. The molecule has 1 atom stereocenters. The summed E-state index contributed by atoms with van der Waals surface area (Å²) >= 11 is 0. The SMILES string of the molecule is CC#CCCC(NCCC)c1c(F)cccc1F. The molecule has 0 aliphatic rings. The molecule has 0 fully saturated rings. The monoisotopic (exact) mass is 251 g/mol. The molecule has 1 aromatic carbocycles. The molecule has 1 N–H and O–H groups in total. The molecule has 3 heteroatoms. The summed E-state index contributed by atoms with van der Waals surface area (Å²) in [6.45, 7) is 4.52. The van der Waals surface area contributed by atoms with Gasteiger partial charge in [-0.05, 0) is 38.4 Å². The summed E-state index contributed by atoms with van der Waals surface area (Å²) < 4.78 is 27.4. The van der Waals surface area contributed by atoms with Gasteiger partial charge in [0, 0.05) is 18.0 Å². The van der Waals surface area contributed by atoms with E-state index < -0.39 is 11.6 Å². The largest absolute Gasteiger partial charge is 0.310 e. The minimum atomic E-state index is -0.493. The van der Waals surface area contributed by atoms with E-state index in [0.717, 1.165) is 13.0 Å². The van der Waals surface area contributed by atoms with Crippen LogP contribution in [0.1, 0.15) is 44.7 Å². The first-order valence-corrected chi connectivity index (χ1v) is 6.27. The lowest BCUT2D eigenvalue weighted by Gasteiger charge is -2.19. The van der Waals surface area contributed by atoms with Crippen LogP contribution in [-0.2, 0) is 0 Å². The van der Waals surface area contributed by atoms with Gasteiger partial charge < -0.3 is 5.32 Å². The van der Waals surface area contributed by atoms with Gasteiger partial charge in [0.2, 0.25) is 0 Å². The molecule has 0 heterocycles. The average Bonchev–Trinajstić information content (AvgIpc) is 2.35. The molecular weight excluding hydrogens is 232 g/mol.